The summed E-state index contributed by atoms with van der Waals surface area (Å²) in [4.78, 5) is 33.2. The van der Waals surface area contributed by atoms with Crippen LogP contribution in [0, 0.1) is 5.92 Å². The Labute approximate surface area is 134 Å². The lowest BCUT2D eigenvalue weighted by Crippen LogP contribution is -2.36. The molecule has 126 valence electrons. The van der Waals surface area contributed by atoms with Crippen molar-refractivity contribution in [1.82, 2.24) is 5.32 Å². The number of hydrogen-bond donors (Lipinski definition) is 4. The van der Waals surface area contributed by atoms with E-state index in [1.54, 1.807) is 12.1 Å². The summed E-state index contributed by atoms with van der Waals surface area (Å²) in [6, 6.07) is 6.74. The summed E-state index contributed by atoms with van der Waals surface area (Å²) in [6.07, 6.45) is -0.546. The Morgan fingerprint density at radius 1 is 1.09 bits per heavy atom. The number of hydrogen-bond acceptors (Lipinski definition) is 3. The van der Waals surface area contributed by atoms with Gasteiger partial charge in [0.15, 0.2) is 0 Å². The molecule has 0 aliphatic carbocycles. The molecule has 0 radical (unpaired) electrons. The van der Waals surface area contributed by atoms with Crippen LogP contribution in [-0.4, -0.2) is 34.7 Å². The fourth-order valence-electron chi connectivity index (χ4n) is 1.90. The third-order valence-electron chi connectivity index (χ3n) is 3.29. The summed E-state index contributed by atoms with van der Waals surface area (Å²) in [5, 5.41) is 22.5. The fraction of sp³-hybridized carbons (Fsp3) is 0.438. The van der Waals surface area contributed by atoms with Crippen LogP contribution in [0.2, 0.25) is 0 Å². The van der Waals surface area contributed by atoms with Crippen LogP contribution in [0.1, 0.15) is 32.8 Å². The fourth-order valence-corrected chi connectivity index (χ4v) is 1.90. The number of carboxylic acids is 2. The van der Waals surface area contributed by atoms with E-state index < -0.39 is 30.3 Å². The third-order valence-corrected chi connectivity index (χ3v) is 3.29. The van der Waals surface area contributed by atoms with Crippen LogP contribution in [0.4, 0.5) is 10.5 Å². The minimum atomic E-state index is -1.26. The molecule has 1 unspecified atom stereocenters. The number of benzene rings is 1. The molecule has 0 bridgehead atoms. The van der Waals surface area contributed by atoms with E-state index in [4.69, 9.17) is 10.2 Å². The molecule has 4 N–H and O–H groups in total. The van der Waals surface area contributed by atoms with Crippen LogP contribution >= 0.6 is 0 Å². The Hall–Kier alpha value is -2.57. The molecular formula is C16H22N2O5. The molecule has 0 saturated carbocycles. The van der Waals surface area contributed by atoms with Crippen molar-refractivity contribution in [3.05, 3.63) is 29.8 Å². The standard InChI is InChI=1S/C16H22N2O5/c1-16(2,3)11-4-6-12(7-5-11)18-15(23)17-9-10(14(21)22)8-13(19)20/h4-7,10H,8-9H2,1-3H3,(H,19,20)(H,21,22)(H2,17,18,23). The lowest BCUT2D eigenvalue weighted by atomic mass is 9.87. The molecule has 0 aliphatic heterocycles. The molecule has 2 amide bonds. The summed E-state index contributed by atoms with van der Waals surface area (Å²) in [5.41, 5.74) is 1.70. The highest BCUT2D eigenvalue weighted by Crippen LogP contribution is 2.23. The molecule has 0 fully saturated rings. The van der Waals surface area contributed by atoms with Gasteiger partial charge >= 0.3 is 18.0 Å². The van der Waals surface area contributed by atoms with Gasteiger partial charge in [-0.3, -0.25) is 9.59 Å². The van der Waals surface area contributed by atoms with Crippen LogP contribution in [-0.2, 0) is 15.0 Å². The van der Waals surface area contributed by atoms with E-state index in [-0.39, 0.29) is 12.0 Å². The first kappa shape index (κ1) is 18.5. The van der Waals surface area contributed by atoms with Crippen molar-refractivity contribution < 1.29 is 24.6 Å². The van der Waals surface area contributed by atoms with Crippen LogP contribution < -0.4 is 10.6 Å². The van der Waals surface area contributed by atoms with Gasteiger partial charge < -0.3 is 20.8 Å². The second kappa shape index (κ2) is 7.62. The van der Waals surface area contributed by atoms with Gasteiger partial charge in [-0.25, -0.2) is 4.79 Å². The summed E-state index contributed by atoms with van der Waals surface area (Å²) in [7, 11) is 0. The highest BCUT2D eigenvalue weighted by atomic mass is 16.4. The number of carboxylic acid groups (broad SMARTS) is 2. The molecule has 23 heavy (non-hydrogen) atoms. The van der Waals surface area contributed by atoms with Crippen LogP contribution in [0.25, 0.3) is 0 Å². The molecule has 0 spiro atoms. The van der Waals surface area contributed by atoms with Gasteiger partial charge in [-0.2, -0.15) is 0 Å². The quantitative estimate of drug-likeness (QED) is 0.641. The molecule has 0 saturated heterocycles. The monoisotopic (exact) mass is 322 g/mol. The number of nitrogens with one attached hydrogen (secondary N) is 2. The number of aliphatic carboxylic acids is 2. The zero-order valence-corrected chi connectivity index (χ0v) is 13.4. The van der Waals surface area contributed by atoms with Gasteiger partial charge in [-0.15, -0.1) is 0 Å². The van der Waals surface area contributed by atoms with Gasteiger partial charge in [-0.05, 0) is 23.1 Å². The van der Waals surface area contributed by atoms with Crippen molar-refractivity contribution in [2.45, 2.75) is 32.6 Å². The average Bonchev–Trinajstić information content (AvgIpc) is 2.42. The number of amides is 2. The van der Waals surface area contributed by atoms with E-state index in [0.29, 0.717) is 5.69 Å². The van der Waals surface area contributed by atoms with Crippen LogP contribution in [0.5, 0.6) is 0 Å². The molecule has 1 aromatic carbocycles. The maximum Gasteiger partial charge on any atom is 0.319 e. The van der Waals surface area contributed by atoms with Crippen molar-refractivity contribution in [3.8, 4) is 0 Å². The molecule has 1 rings (SSSR count). The molecular weight excluding hydrogens is 300 g/mol. The Morgan fingerprint density at radius 2 is 1.65 bits per heavy atom. The van der Waals surface area contributed by atoms with Crippen molar-refractivity contribution in [3.63, 3.8) is 0 Å². The molecule has 0 aromatic heterocycles. The second-order valence-electron chi connectivity index (χ2n) is 6.30. The maximum absolute atomic E-state index is 11.7. The topological polar surface area (TPSA) is 116 Å². The van der Waals surface area contributed by atoms with E-state index in [9.17, 15) is 14.4 Å². The Bertz CT molecular complexity index is 575. The Kier molecular flexibility index (Phi) is 6.12. The van der Waals surface area contributed by atoms with E-state index >= 15 is 0 Å². The highest BCUT2D eigenvalue weighted by molar-refractivity contribution is 5.89. The van der Waals surface area contributed by atoms with Crippen molar-refractivity contribution in [2.24, 2.45) is 5.92 Å². The number of carbonyl (C=O) groups is 3. The minimum Gasteiger partial charge on any atom is -0.481 e. The number of urea groups is 1. The van der Waals surface area contributed by atoms with E-state index in [1.165, 1.54) is 0 Å². The summed E-state index contributed by atoms with van der Waals surface area (Å²) in [5.74, 6) is -3.65. The number of rotatable bonds is 6. The summed E-state index contributed by atoms with van der Waals surface area (Å²) in [6.45, 7) is 5.98. The largest absolute Gasteiger partial charge is 0.481 e. The van der Waals surface area contributed by atoms with E-state index in [0.717, 1.165) is 5.56 Å². The highest BCUT2D eigenvalue weighted by Gasteiger charge is 2.21. The Balaban J connectivity index is 2.56. The molecule has 0 heterocycles. The normalized spacial score (nSPS) is 12.3. The zero-order valence-electron chi connectivity index (χ0n) is 13.4. The molecule has 0 aliphatic rings. The van der Waals surface area contributed by atoms with E-state index in [2.05, 4.69) is 31.4 Å². The first-order chi connectivity index (χ1) is 10.6. The van der Waals surface area contributed by atoms with Crippen molar-refractivity contribution >= 4 is 23.7 Å². The zero-order chi connectivity index (χ0) is 17.6. The van der Waals surface area contributed by atoms with E-state index in [1.807, 2.05) is 12.1 Å². The summed E-state index contributed by atoms with van der Waals surface area (Å²) >= 11 is 0. The molecule has 1 atom stereocenters. The van der Waals surface area contributed by atoms with Gasteiger partial charge in [0.1, 0.15) is 0 Å². The van der Waals surface area contributed by atoms with Crippen molar-refractivity contribution in [1.29, 1.82) is 0 Å². The lowest BCUT2D eigenvalue weighted by Gasteiger charge is -2.19. The number of anilines is 1. The summed E-state index contributed by atoms with van der Waals surface area (Å²) < 4.78 is 0. The predicted octanol–water partition coefficient (Wildman–Crippen LogP) is 2.28. The second-order valence-corrected chi connectivity index (χ2v) is 6.30. The third kappa shape index (κ3) is 6.37. The van der Waals surface area contributed by atoms with Gasteiger partial charge in [0.2, 0.25) is 0 Å². The molecule has 7 nitrogen and oxygen atoms in total. The minimum absolute atomic E-state index is 0.00628. The molecule has 1 aromatic rings. The smallest absolute Gasteiger partial charge is 0.319 e. The Morgan fingerprint density at radius 3 is 2.09 bits per heavy atom. The SMILES string of the molecule is CC(C)(C)c1ccc(NC(=O)NCC(CC(=O)O)C(=O)O)cc1. The lowest BCUT2D eigenvalue weighted by molar-refractivity contribution is -0.148. The number of carbonyl (C=O) groups excluding carboxylic acids is 1. The predicted molar refractivity (Wildman–Crippen MR) is 85.5 cm³/mol. The first-order valence-electron chi connectivity index (χ1n) is 7.19. The van der Waals surface area contributed by atoms with Crippen LogP contribution in [0.15, 0.2) is 24.3 Å². The first-order valence-corrected chi connectivity index (χ1v) is 7.19. The molecule has 7 heteroatoms. The van der Waals surface area contributed by atoms with Crippen molar-refractivity contribution in [2.75, 3.05) is 11.9 Å². The van der Waals surface area contributed by atoms with Crippen LogP contribution in [0.3, 0.4) is 0 Å². The average molecular weight is 322 g/mol. The van der Waals surface area contributed by atoms with Gasteiger partial charge in [0.25, 0.3) is 0 Å². The van der Waals surface area contributed by atoms with Gasteiger partial charge in [0, 0.05) is 12.2 Å². The maximum atomic E-state index is 11.7. The van der Waals surface area contributed by atoms with Gasteiger partial charge in [0.05, 0.1) is 12.3 Å². The van der Waals surface area contributed by atoms with Gasteiger partial charge in [-0.1, -0.05) is 32.9 Å².